The Labute approximate surface area is 132 Å². The average molecular weight is 317 g/mol. The number of hydrogen-bond acceptors (Lipinski definition) is 4. The molecule has 2 aromatic heterocycles. The summed E-state index contributed by atoms with van der Waals surface area (Å²) in [5, 5.41) is 4.83. The molecule has 2 aliphatic carbocycles. The van der Waals surface area contributed by atoms with E-state index in [0.29, 0.717) is 10.9 Å². The molecule has 2 fully saturated rings. The zero-order valence-electron chi connectivity index (χ0n) is 12.5. The van der Waals surface area contributed by atoms with E-state index in [1.807, 2.05) is 0 Å². The van der Waals surface area contributed by atoms with E-state index in [0.717, 1.165) is 11.8 Å². The standard InChI is InChI=1S/C16H19N3O2S/c1-9(12-7-10-2-3-11(12)6-10)18-14(20)13-8-17-16-19(15(13)21)4-5-22-16/h4-5,8-12H,2-3,6-7H2,1H3,(H,18,20). The van der Waals surface area contributed by atoms with Gasteiger partial charge in [-0.25, -0.2) is 4.98 Å². The third-order valence-corrected chi connectivity index (χ3v) is 6.15. The van der Waals surface area contributed by atoms with Crippen LogP contribution in [0.15, 0.2) is 22.6 Å². The van der Waals surface area contributed by atoms with Crippen molar-refractivity contribution >= 4 is 22.2 Å². The molecule has 0 aromatic carbocycles. The highest BCUT2D eigenvalue weighted by molar-refractivity contribution is 7.15. The number of nitrogens with one attached hydrogen (secondary N) is 1. The van der Waals surface area contributed by atoms with Crippen molar-refractivity contribution in [1.29, 1.82) is 0 Å². The molecule has 4 unspecified atom stereocenters. The quantitative estimate of drug-likeness (QED) is 0.945. The van der Waals surface area contributed by atoms with Crippen LogP contribution in [0.4, 0.5) is 0 Å². The van der Waals surface area contributed by atoms with Crippen LogP contribution in [0.25, 0.3) is 4.96 Å². The van der Waals surface area contributed by atoms with Gasteiger partial charge in [0.15, 0.2) is 4.96 Å². The molecule has 2 heterocycles. The van der Waals surface area contributed by atoms with Gasteiger partial charge in [-0.2, -0.15) is 0 Å². The Morgan fingerprint density at radius 3 is 3.05 bits per heavy atom. The Morgan fingerprint density at radius 2 is 2.32 bits per heavy atom. The Balaban J connectivity index is 1.53. The number of aromatic nitrogens is 2. The van der Waals surface area contributed by atoms with Gasteiger partial charge in [0.1, 0.15) is 5.56 Å². The van der Waals surface area contributed by atoms with Crippen molar-refractivity contribution in [2.75, 3.05) is 0 Å². The average Bonchev–Trinajstić information content (AvgIpc) is 3.23. The third-order valence-electron chi connectivity index (χ3n) is 5.38. The van der Waals surface area contributed by atoms with Gasteiger partial charge in [-0.05, 0) is 43.9 Å². The molecule has 2 bridgehead atoms. The maximum atomic E-state index is 12.4. The molecule has 0 saturated heterocycles. The summed E-state index contributed by atoms with van der Waals surface area (Å²) in [6.07, 6.45) is 8.23. The first-order chi connectivity index (χ1) is 10.6. The molecule has 2 aliphatic rings. The van der Waals surface area contributed by atoms with Gasteiger partial charge in [0, 0.05) is 23.8 Å². The van der Waals surface area contributed by atoms with Gasteiger partial charge in [-0.1, -0.05) is 6.42 Å². The first kappa shape index (κ1) is 13.9. The van der Waals surface area contributed by atoms with E-state index in [1.54, 1.807) is 11.6 Å². The first-order valence-corrected chi connectivity index (χ1v) is 8.77. The molecule has 2 saturated carbocycles. The molecule has 4 rings (SSSR count). The molecule has 0 aliphatic heterocycles. The summed E-state index contributed by atoms with van der Waals surface area (Å²) in [5.41, 5.74) is -0.158. The Hall–Kier alpha value is -1.69. The van der Waals surface area contributed by atoms with Gasteiger partial charge >= 0.3 is 0 Å². The number of carbonyl (C=O) groups is 1. The second kappa shape index (κ2) is 5.19. The van der Waals surface area contributed by atoms with Crippen molar-refractivity contribution in [3.63, 3.8) is 0 Å². The van der Waals surface area contributed by atoms with Gasteiger partial charge in [-0.15, -0.1) is 11.3 Å². The maximum absolute atomic E-state index is 12.4. The molecule has 0 radical (unpaired) electrons. The molecule has 22 heavy (non-hydrogen) atoms. The Bertz CT molecular complexity index is 781. The normalized spacial score (nSPS) is 28.1. The zero-order valence-corrected chi connectivity index (χ0v) is 13.3. The number of hydrogen-bond donors (Lipinski definition) is 1. The van der Waals surface area contributed by atoms with Gasteiger partial charge < -0.3 is 5.32 Å². The second-order valence-corrected chi connectivity index (χ2v) is 7.51. The zero-order chi connectivity index (χ0) is 15.3. The number of carbonyl (C=O) groups excluding carboxylic acids is 1. The van der Waals surface area contributed by atoms with E-state index >= 15 is 0 Å². The van der Waals surface area contributed by atoms with Crippen LogP contribution in [0.1, 0.15) is 43.0 Å². The van der Waals surface area contributed by atoms with Gasteiger partial charge in [0.25, 0.3) is 11.5 Å². The fourth-order valence-corrected chi connectivity index (χ4v) is 4.95. The smallest absolute Gasteiger partial charge is 0.271 e. The van der Waals surface area contributed by atoms with Crippen LogP contribution in [0, 0.1) is 17.8 Å². The molecule has 5 nitrogen and oxygen atoms in total. The molecule has 116 valence electrons. The number of fused-ring (bicyclic) bond motifs is 3. The molecule has 4 atom stereocenters. The fraction of sp³-hybridized carbons (Fsp3) is 0.562. The number of rotatable bonds is 3. The minimum Gasteiger partial charge on any atom is -0.349 e. The van der Waals surface area contributed by atoms with Crippen LogP contribution in [0.2, 0.25) is 0 Å². The first-order valence-electron chi connectivity index (χ1n) is 7.89. The van der Waals surface area contributed by atoms with Gasteiger partial charge in [0.2, 0.25) is 0 Å². The third kappa shape index (κ3) is 2.17. The molecule has 0 spiro atoms. The topological polar surface area (TPSA) is 63.5 Å². The minimum absolute atomic E-state index is 0.116. The van der Waals surface area contributed by atoms with E-state index in [1.165, 1.54) is 47.6 Å². The fourth-order valence-electron chi connectivity index (χ4n) is 4.28. The molecule has 1 N–H and O–H groups in total. The Kier molecular flexibility index (Phi) is 3.29. The van der Waals surface area contributed by atoms with Crippen molar-refractivity contribution < 1.29 is 4.79 Å². The molecular weight excluding hydrogens is 298 g/mol. The maximum Gasteiger partial charge on any atom is 0.271 e. The lowest BCUT2D eigenvalue weighted by molar-refractivity contribution is 0.0913. The van der Waals surface area contributed by atoms with Crippen LogP contribution >= 0.6 is 11.3 Å². The van der Waals surface area contributed by atoms with E-state index in [9.17, 15) is 9.59 Å². The largest absolute Gasteiger partial charge is 0.349 e. The van der Waals surface area contributed by atoms with Crippen LogP contribution in [-0.2, 0) is 0 Å². The highest BCUT2D eigenvalue weighted by Crippen LogP contribution is 2.49. The van der Waals surface area contributed by atoms with Crippen molar-refractivity contribution in [3.8, 4) is 0 Å². The highest BCUT2D eigenvalue weighted by Gasteiger charge is 2.42. The number of nitrogens with zero attached hydrogens (tertiary/aromatic N) is 2. The van der Waals surface area contributed by atoms with Crippen molar-refractivity contribution in [3.05, 3.63) is 33.7 Å². The van der Waals surface area contributed by atoms with Crippen molar-refractivity contribution in [2.45, 2.75) is 38.6 Å². The number of thiazole rings is 1. The van der Waals surface area contributed by atoms with Crippen LogP contribution in [-0.4, -0.2) is 21.3 Å². The summed E-state index contributed by atoms with van der Waals surface area (Å²) in [7, 11) is 0. The monoisotopic (exact) mass is 317 g/mol. The van der Waals surface area contributed by atoms with Crippen LogP contribution < -0.4 is 10.9 Å². The molecule has 6 heteroatoms. The lowest BCUT2D eigenvalue weighted by atomic mass is 9.84. The molecular formula is C16H19N3O2S. The molecule has 2 aromatic rings. The Morgan fingerprint density at radius 1 is 1.45 bits per heavy atom. The predicted octanol–water partition coefficient (Wildman–Crippen LogP) is 2.31. The number of amides is 1. The summed E-state index contributed by atoms with van der Waals surface area (Å²) < 4.78 is 1.43. The van der Waals surface area contributed by atoms with E-state index in [-0.39, 0.29) is 23.1 Å². The molecule has 1 amide bonds. The van der Waals surface area contributed by atoms with Crippen molar-refractivity contribution in [1.82, 2.24) is 14.7 Å². The van der Waals surface area contributed by atoms with Gasteiger partial charge in [-0.3, -0.25) is 14.0 Å². The SMILES string of the molecule is CC(NC(=O)c1cnc2sccn2c1=O)C1CC2CCC1C2. The highest BCUT2D eigenvalue weighted by atomic mass is 32.1. The van der Waals surface area contributed by atoms with Crippen molar-refractivity contribution in [2.24, 2.45) is 17.8 Å². The lowest BCUT2D eigenvalue weighted by Gasteiger charge is -2.28. The summed E-state index contributed by atoms with van der Waals surface area (Å²) in [6.45, 7) is 2.07. The summed E-state index contributed by atoms with van der Waals surface area (Å²) in [4.78, 5) is 29.6. The van der Waals surface area contributed by atoms with Crippen LogP contribution in [0.3, 0.4) is 0 Å². The van der Waals surface area contributed by atoms with E-state index in [4.69, 9.17) is 0 Å². The second-order valence-electron chi connectivity index (χ2n) is 6.63. The summed E-state index contributed by atoms with van der Waals surface area (Å²) >= 11 is 1.38. The van der Waals surface area contributed by atoms with Crippen LogP contribution in [0.5, 0.6) is 0 Å². The van der Waals surface area contributed by atoms with E-state index in [2.05, 4.69) is 17.2 Å². The summed E-state index contributed by atoms with van der Waals surface area (Å²) in [5.74, 6) is 1.86. The lowest BCUT2D eigenvalue weighted by Crippen LogP contribution is -2.42. The predicted molar refractivity (Wildman–Crippen MR) is 85.2 cm³/mol. The van der Waals surface area contributed by atoms with E-state index < -0.39 is 0 Å². The minimum atomic E-state index is -0.298. The summed E-state index contributed by atoms with van der Waals surface area (Å²) in [6, 6.07) is 0.116. The van der Waals surface area contributed by atoms with Gasteiger partial charge in [0.05, 0.1) is 0 Å².